The molecule has 3 rings (SSSR count). The second kappa shape index (κ2) is 8.98. The molecular formula is C24H24BrN. The summed E-state index contributed by atoms with van der Waals surface area (Å²) in [7, 11) is 0. The van der Waals surface area contributed by atoms with Gasteiger partial charge >= 0.3 is 0 Å². The van der Waals surface area contributed by atoms with Crippen molar-refractivity contribution in [3.05, 3.63) is 119 Å². The van der Waals surface area contributed by atoms with Crippen LogP contribution >= 0.6 is 15.9 Å². The van der Waals surface area contributed by atoms with Crippen molar-refractivity contribution >= 4 is 15.9 Å². The van der Waals surface area contributed by atoms with E-state index in [1.165, 1.54) is 16.7 Å². The topological polar surface area (TPSA) is 12.0 Å². The number of rotatable bonds is 8. The zero-order valence-corrected chi connectivity index (χ0v) is 16.5. The van der Waals surface area contributed by atoms with E-state index in [1.807, 2.05) is 6.08 Å². The molecule has 2 heteroatoms. The molecule has 0 heterocycles. The molecule has 0 aliphatic carbocycles. The Balaban J connectivity index is 1.89. The van der Waals surface area contributed by atoms with E-state index in [1.54, 1.807) is 0 Å². The van der Waals surface area contributed by atoms with Gasteiger partial charge in [-0.3, -0.25) is 0 Å². The van der Waals surface area contributed by atoms with Crippen LogP contribution in [0.15, 0.2) is 102 Å². The predicted octanol–water partition coefficient (Wildman–Crippen LogP) is 6.10. The second-order valence-electron chi connectivity index (χ2n) is 6.54. The molecule has 3 aromatic rings. The maximum atomic E-state index is 4.04. The lowest BCUT2D eigenvalue weighted by atomic mass is 9.72. The first-order chi connectivity index (χ1) is 12.7. The minimum atomic E-state index is -0.125. The SMILES string of the molecule is C=CCC(CNCc1ccc(Br)cc1)(c1ccccc1)c1ccccc1. The third kappa shape index (κ3) is 4.32. The van der Waals surface area contributed by atoms with Crippen molar-refractivity contribution in [2.45, 2.75) is 18.4 Å². The summed E-state index contributed by atoms with van der Waals surface area (Å²) in [6, 6.07) is 30.0. The van der Waals surface area contributed by atoms with Crippen LogP contribution in [0.1, 0.15) is 23.1 Å². The summed E-state index contributed by atoms with van der Waals surface area (Å²) in [5, 5.41) is 3.68. The average molecular weight is 406 g/mol. The summed E-state index contributed by atoms with van der Waals surface area (Å²) in [4.78, 5) is 0. The minimum absolute atomic E-state index is 0.125. The van der Waals surface area contributed by atoms with Gasteiger partial charge in [0.2, 0.25) is 0 Å². The summed E-state index contributed by atoms with van der Waals surface area (Å²) in [5.74, 6) is 0. The van der Waals surface area contributed by atoms with E-state index in [0.29, 0.717) is 0 Å². The number of hydrogen-bond donors (Lipinski definition) is 1. The van der Waals surface area contributed by atoms with E-state index in [-0.39, 0.29) is 5.41 Å². The summed E-state index contributed by atoms with van der Waals surface area (Å²) < 4.78 is 1.11. The summed E-state index contributed by atoms with van der Waals surface area (Å²) in [6.45, 7) is 5.73. The van der Waals surface area contributed by atoms with Gasteiger partial charge < -0.3 is 5.32 Å². The van der Waals surface area contributed by atoms with Gasteiger partial charge in [0, 0.05) is 23.0 Å². The highest BCUT2D eigenvalue weighted by Gasteiger charge is 2.32. The third-order valence-electron chi connectivity index (χ3n) is 4.81. The highest BCUT2D eigenvalue weighted by Crippen LogP contribution is 2.35. The van der Waals surface area contributed by atoms with E-state index in [2.05, 4.69) is 113 Å². The Morgan fingerprint density at radius 1 is 0.808 bits per heavy atom. The second-order valence-corrected chi connectivity index (χ2v) is 7.45. The molecule has 0 bridgehead atoms. The van der Waals surface area contributed by atoms with Crippen LogP contribution in [0.4, 0.5) is 0 Å². The lowest BCUT2D eigenvalue weighted by molar-refractivity contribution is 0.467. The van der Waals surface area contributed by atoms with Crippen molar-refractivity contribution in [2.24, 2.45) is 0 Å². The van der Waals surface area contributed by atoms with Crippen LogP contribution in [0, 0.1) is 0 Å². The molecule has 0 aliphatic rings. The summed E-state index contributed by atoms with van der Waals surface area (Å²) >= 11 is 3.50. The monoisotopic (exact) mass is 405 g/mol. The van der Waals surface area contributed by atoms with Crippen LogP contribution < -0.4 is 5.32 Å². The molecule has 0 radical (unpaired) electrons. The van der Waals surface area contributed by atoms with Crippen LogP contribution in [0.3, 0.4) is 0 Å². The van der Waals surface area contributed by atoms with E-state index in [4.69, 9.17) is 0 Å². The highest BCUT2D eigenvalue weighted by atomic mass is 79.9. The van der Waals surface area contributed by atoms with Crippen LogP contribution in [-0.2, 0) is 12.0 Å². The van der Waals surface area contributed by atoms with Crippen molar-refractivity contribution in [3.63, 3.8) is 0 Å². The number of halogens is 1. The van der Waals surface area contributed by atoms with Crippen molar-refractivity contribution in [2.75, 3.05) is 6.54 Å². The first kappa shape index (κ1) is 18.6. The number of hydrogen-bond acceptors (Lipinski definition) is 1. The standard InChI is InChI=1S/C24H24BrN/c1-2-17-24(21-9-5-3-6-10-21,22-11-7-4-8-12-22)19-26-18-20-13-15-23(25)16-14-20/h2-16,26H,1,17-19H2. The van der Waals surface area contributed by atoms with Crippen molar-refractivity contribution < 1.29 is 0 Å². The molecule has 0 saturated carbocycles. The van der Waals surface area contributed by atoms with Gasteiger partial charge in [0.15, 0.2) is 0 Å². The minimum Gasteiger partial charge on any atom is -0.311 e. The highest BCUT2D eigenvalue weighted by molar-refractivity contribution is 9.10. The van der Waals surface area contributed by atoms with Crippen LogP contribution in [0.2, 0.25) is 0 Å². The van der Waals surface area contributed by atoms with Gasteiger partial charge in [0.1, 0.15) is 0 Å². The van der Waals surface area contributed by atoms with Gasteiger partial charge in [0.25, 0.3) is 0 Å². The molecule has 0 saturated heterocycles. The van der Waals surface area contributed by atoms with Gasteiger partial charge in [-0.2, -0.15) is 0 Å². The molecule has 0 spiro atoms. The molecule has 1 nitrogen and oxygen atoms in total. The lowest BCUT2D eigenvalue weighted by Crippen LogP contribution is -2.38. The molecular weight excluding hydrogens is 382 g/mol. The summed E-state index contributed by atoms with van der Waals surface area (Å²) in [6.07, 6.45) is 2.91. The molecule has 132 valence electrons. The van der Waals surface area contributed by atoms with Crippen LogP contribution in [0.5, 0.6) is 0 Å². The number of benzene rings is 3. The zero-order valence-electron chi connectivity index (χ0n) is 14.9. The molecule has 0 amide bonds. The van der Waals surface area contributed by atoms with Crippen molar-refractivity contribution in [1.29, 1.82) is 0 Å². The Hall–Kier alpha value is -2.16. The Morgan fingerprint density at radius 3 is 1.85 bits per heavy atom. The first-order valence-corrected chi connectivity index (χ1v) is 9.71. The van der Waals surface area contributed by atoms with Crippen molar-refractivity contribution in [3.8, 4) is 0 Å². The molecule has 0 aromatic heterocycles. The van der Waals surface area contributed by atoms with Gasteiger partial charge in [-0.05, 0) is 35.2 Å². The van der Waals surface area contributed by atoms with E-state index >= 15 is 0 Å². The predicted molar refractivity (Wildman–Crippen MR) is 114 cm³/mol. The normalized spacial score (nSPS) is 11.3. The summed E-state index contributed by atoms with van der Waals surface area (Å²) in [5.41, 5.74) is 3.78. The molecule has 0 fully saturated rings. The maximum Gasteiger partial charge on any atom is 0.0361 e. The fourth-order valence-electron chi connectivity index (χ4n) is 3.46. The molecule has 26 heavy (non-hydrogen) atoms. The number of allylic oxidation sites excluding steroid dienone is 1. The fraction of sp³-hybridized carbons (Fsp3) is 0.167. The zero-order chi connectivity index (χ0) is 18.2. The van der Waals surface area contributed by atoms with E-state index in [0.717, 1.165) is 24.0 Å². The maximum absolute atomic E-state index is 4.04. The Labute approximate surface area is 164 Å². The Morgan fingerprint density at radius 2 is 1.35 bits per heavy atom. The third-order valence-corrected chi connectivity index (χ3v) is 5.34. The molecule has 0 unspecified atom stereocenters. The largest absolute Gasteiger partial charge is 0.311 e. The molecule has 0 atom stereocenters. The molecule has 1 N–H and O–H groups in total. The average Bonchev–Trinajstić information content (AvgIpc) is 2.70. The van der Waals surface area contributed by atoms with Crippen LogP contribution in [-0.4, -0.2) is 6.54 Å². The van der Waals surface area contributed by atoms with Crippen molar-refractivity contribution in [1.82, 2.24) is 5.32 Å². The molecule has 3 aromatic carbocycles. The number of nitrogens with one attached hydrogen (secondary N) is 1. The van der Waals surface area contributed by atoms with Gasteiger partial charge in [-0.15, -0.1) is 6.58 Å². The van der Waals surface area contributed by atoms with Gasteiger partial charge in [-0.1, -0.05) is 94.8 Å². The lowest BCUT2D eigenvalue weighted by Gasteiger charge is -2.35. The smallest absolute Gasteiger partial charge is 0.0361 e. The fourth-order valence-corrected chi connectivity index (χ4v) is 3.73. The van der Waals surface area contributed by atoms with E-state index in [9.17, 15) is 0 Å². The Kier molecular flexibility index (Phi) is 6.43. The van der Waals surface area contributed by atoms with Crippen LogP contribution in [0.25, 0.3) is 0 Å². The van der Waals surface area contributed by atoms with E-state index < -0.39 is 0 Å². The van der Waals surface area contributed by atoms with Gasteiger partial charge in [0.05, 0.1) is 0 Å². The Bertz CT molecular complexity index is 770. The first-order valence-electron chi connectivity index (χ1n) is 8.92. The molecule has 0 aliphatic heterocycles. The van der Waals surface area contributed by atoms with Gasteiger partial charge in [-0.25, -0.2) is 0 Å². The quantitative estimate of drug-likeness (QED) is 0.446.